The first kappa shape index (κ1) is 18.7. The molecule has 30 heavy (non-hydrogen) atoms. The maximum Gasteiger partial charge on any atom is 0.258 e. The van der Waals surface area contributed by atoms with Crippen LogP contribution in [0.15, 0.2) is 60.0 Å². The number of aromatic nitrogens is 5. The standard InChI is InChI=1S/C22H23N7O/c1-27-8-10-28(11-9-27)13-16-2-4-17(5-3-16)18-12-26-29(14-18)21-20-19(6-7-23-21)22(30)25-15-24-20/h2-7,12,14-15H,8-11,13H2,1H3,(H,24,25,30). The van der Waals surface area contributed by atoms with Crippen molar-refractivity contribution >= 4 is 10.9 Å². The summed E-state index contributed by atoms with van der Waals surface area (Å²) in [4.78, 5) is 28.1. The molecule has 0 bridgehead atoms. The number of hydrogen-bond acceptors (Lipinski definition) is 6. The minimum Gasteiger partial charge on any atom is -0.313 e. The number of hydrogen-bond donors (Lipinski definition) is 1. The minimum atomic E-state index is -0.188. The predicted octanol–water partition coefficient (Wildman–Crippen LogP) is 1.92. The molecule has 3 aromatic heterocycles. The van der Waals surface area contributed by atoms with Crippen LogP contribution in [0.4, 0.5) is 0 Å². The third-order valence-electron chi connectivity index (χ3n) is 5.63. The summed E-state index contributed by atoms with van der Waals surface area (Å²) < 4.78 is 1.67. The number of nitrogens with one attached hydrogen (secondary N) is 1. The zero-order valence-electron chi connectivity index (χ0n) is 16.8. The summed E-state index contributed by atoms with van der Waals surface area (Å²) >= 11 is 0. The molecule has 1 saturated heterocycles. The molecule has 0 amide bonds. The van der Waals surface area contributed by atoms with Crippen molar-refractivity contribution in [2.45, 2.75) is 6.54 Å². The monoisotopic (exact) mass is 401 g/mol. The number of piperazine rings is 1. The Morgan fingerprint density at radius 1 is 1.00 bits per heavy atom. The van der Waals surface area contributed by atoms with Gasteiger partial charge in [0.2, 0.25) is 0 Å². The topological polar surface area (TPSA) is 82.9 Å². The summed E-state index contributed by atoms with van der Waals surface area (Å²) in [5.41, 5.74) is 3.74. The highest BCUT2D eigenvalue weighted by molar-refractivity contribution is 5.83. The van der Waals surface area contributed by atoms with Gasteiger partial charge in [0.1, 0.15) is 5.52 Å². The van der Waals surface area contributed by atoms with Gasteiger partial charge in [-0.15, -0.1) is 0 Å². The van der Waals surface area contributed by atoms with Crippen LogP contribution in [0.25, 0.3) is 27.8 Å². The van der Waals surface area contributed by atoms with Crippen molar-refractivity contribution in [3.05, 3.63) is 71.2 Å². The van der Waals surface area contributed by atoms with E-state index in [1.165, 1.54) is 11.9 Å². The van der Waals surface area contributed by atoms with Gasteiger partial charge < -0.3 is 9.88 Å². The van der Waals surface area contributed by atoms with Gasteiger partial charge in [0, 0.05) is 50.7 Å². The molecule has 5 rings (SSSR count). The van der Waals surface area contributed by atoms with Crippen LogP contribution in [0.3, 0.4) is 0 Å². The molecule has 8 heteroatoms. The van der Waals surface area contributed by atoms with E-state index in [1.807, 2.05) is 12.4 Å². The van der Waals surface area contributed by atoms with E-state index in [1.54, 1.807) is 16.9 Å². The molecular weight excluding hydrogens is 378 g/mol. The van der Waals surface area contributed by atoms with Gasteiger partial charge >= 0.3 is 0 Å². The Hall–Kier alpha value is -3.36. The fourth-order valence-corrected chi connectivity index (χ4v) is 3.81. The number of likely N-dealkylation sites (N-methyl/N-ethyl adjacent to an activating group) is 1. The molecule has 0 spiro atoms. The molecule has 1 aliphatic heterocycles. The van der Waals surface area contributed by atoms with Gasteiger partial charge in [-0.25, -0.2) is 14.6 Å². The molecule has 1 fully saturated rings. The number of aromatic amines is 1. The van der Waals surface area contributed by atoms with E-state index >= 15 is 0 Å². The van der Waals surface area contributed by atoms with Gasteiger partial charge in [0.15, 0.2) is 5.82 Å². The van der Waals surface area contributed by atoms with Crippen LogP contribution in [0.5, 0.6) is 0 Å². The van der Waals surface area contributed by atoms with Gasteiger partial charge in [0.05, 0.1) is 17.9 Å². The van der Waals surface area contributed by atoms with Crippen molar-refractivity contribution in [1.82, 2.24) is 34.5 Å². The third-order valence-corrected chi connectivity index (χ3v) is 5.63. The summed E-state index contributed by atoms with van der Waals surface area (Å²) in [6.07, 6.45) is 6.71. The summed E-state index contributed by atoms with van der Waals surface area (Å²) in [5.74, 6) is 0.538. The number of H-pyrrole nitrogens is 1. The fourth-order valence-electron chi connectivity index (χ4n) is 3.81. The Labute approximate surface area is 173 Å². The molecule has 8 nitrogen and oxygen atoms in total. The third kappa shape index (κ3) is 3.62. The van der Waals surface area contributed by atoms with E-state index in [4.69, 9.17) is 0 Å². The maximum atomic E-state index is 12.0. The Bertz CT molecular complexity index is 1220. The van der Waals surface area contributed by atoms with Crippen molar-refractivity contribution in [2.75, 3.05) is 33.2 Å². The Kier molecular flexibility index (Phi) is 4.86. The average molecular weight is 401 g/mol. The normalized spacial score (nSPS) is 15.6. The molecule has 0 saturated carbocycles. The number of rotatable bonds is 4. The molecule has 0 radical (unpaired) electrons. The van der Waals surface area contributed by atoms with Crippen LogP contribution < -0.4 is 5.56 Å². The van der Waals surface area contributed by atoms with E-state index in [2.05, 4.69) is 61.2 Å². The molecule has 0 unspecified atom stereocenters. The van der Waals surface area contributed by atoms with Crippen molar-refractivity contribution in [1.29, 1.82) is 0 Å². The van der Waals surface area contributed by atoms with Gasteiger partial charge in [0.25, 0.3) is 5.56 Å². The lowest BCUT2D eigenvalue weighted by atomic mass is 10.1. The SMILES string of the molecule is CN1CCN(Cc2ccc(-c3cnn(-c4nccc5c(=O)[nH]cnc45)c3)cc2)CC1. The van der Waals surface area contributed by atoms with E-state index in [9.17, 15) is 4.79 Å². The molecule has 4 heterocycles. The molecule has 4 aromatic rings. The lowest BCUT2D eigenvalue weighted by Gasteiger charge is -2.32. The Balaban J connectivity index is 1.37. The highest BCUT2D eigenvalue weighted by Crippen LogP contribution is 2.22. The minimum absolute atomic E-state index is 0.188. The highest BCUT2D eigenvalue weighted by Gasteiger charge is 2.14. The van der Waals surface area contributed by atoms with Gasteiger partial charge in [-0.3, -0.25) is 9.69 Å². The Morgan fingerprint density at radius 3 is 2.60 bits per heavy atom. The molecule has 0 aliphatic carbocycles. The number of benzene rings is 1. The lowest BCUT2D eigenvalue weighted by Crippen LogP contribution is -2.43. The molecule has 1 aromatic carbocycles. The van der Waals surface area contributed by atoms with Gasteiger partial charge in [-0.2, -0.15) is 5.10 Å². The van der Waals surface area contributed by atoms with Crippen molar-refractivity contribution in [3.8, 4) is 16.9 Å². The van der Waals surface area contributed by atoms with E-state index < -0.39 is 0 Å². The Morgan fingerprint density at radius 2 is 1.80 bits per heavy atom. The first-order valence-corrected chi connectivity index (χ1v) is 10.0. The van der Waals surface area contributed by atoms with Crippen LogP contribution in [-0.4, -0.2) is 67.8 Å². The summed E-state index contributed by atoms with van der Waals surface area (Å²) in [6.45, 7) is 5.45. The zero-order chi connectivity index (χ0) is 20.5. The number of fused-ring (bicyclic) bond motifs is 1. The van der Waals surface area contributed by atoms with Crippen LogP contribution in [0, 0.1) is 0 Å². The van der Waals surface area contributed by atoms with E-state index in [0.29, 0.717) is 16.7 Å². The number of nitrogens with zero attached hydrogens (tertiary/aromatic N) is 6. The molecule has 0 atom stereocenters. The van der Waals surface area contributed by atoms with Crippen LogP contribution in [0.2, 0.25) is 0 Å². The molecular formula is C22H23N7O. The largest absolute Gasteiger partial charge is 0.313 e. The maximum absolute atomic E-state index is 12.0. The highest BCUT2D eigenvalue weighted by atomic mass is 16.1. The lowest BCUT2D eigenvalue weighted by molar-refractivity contribution is 0.148. The van der Waals surface area contributed by atoms with E-state index in [-0.39, 0.29) is 5.56 Å². The van der Waals surface area contributed by atoms with Crippen molar-refractivity contribution in [2.24, 2.45) is 0 Å². The van der Waals surface area contributed by atoms with Crippen LogP contribution in [0.1, 0.15) is 5.56 Å². The zero-order valence-corrected chi connectivity index (χ0v) is 16.8. The van der Waals surface area contributed by atoms with Crippen molar-refractivity contribution in [3.63, 3.8) is 0 Å². The van der Waals surface area contributed by atoms with Crippen LogP contribution in [-0.2, 0) is 6.54 Å². The average Bonchev–Trinajstić information content (AvgIpc) is 3.26. The quantitative estimate of drug-likeness (QED) is 0.563. The first-order valence-electron chi connectivity index (χ1n) is 10.0. The second kappa shape index (κ2) is 7.81. The fraction of sp³-hybridized carbons (Fsp3) is 0.273. The first-order chi connectivity index (χ1) is 14.7. The second-order valence-electron chi connectivity index (χ2n) is 7.71. The van der Waals surface area contributed by atoms with Gasteiger partial charge in [-0.1, -0.05) is 24.3 Å². The molecule has 1 aliphatic rings. The predicted molar refractivity (Wildman–Crippen MR) is 115 cm³/mol. The smallest absolute Gasteiger partial charge is 0.258 e. The molecule has 152 valence electrons. The summed E-state index contributed by atoms with van der Waals surface area (Å²) in [6, 6.07) is 10.3. The van der Waals surface area contributed by atoms with Crippen LogP contribution >= 0.6 is 0 Å². The van der Waals surface area contributed by atoms with Gasteiger partial charge in [-0.05, 0) is 24.2 Å². The number of pyridine rings is 1. The van der Waals surface area contributed by atoms with Crippen molar-refractivity contribution < 1.29 is 0 Å². The second-order valence-corrected chi connectivity index (χ2v) is 7.71. The molecule has 1 N–H and O–H groups in total. The summed E-state index contributed by atoms with van der Waals surface area (Å²) in [5, 5.41) is 4.95. The van der Waals surface area contributed by atoms with E-state index in [0.717, 1.165) is 43.9 Å². The summed E-state index contributed by atoms with van der Waals surface area (Å²) in [7, 11) is 2.17.